The highest BCUT2D eigenvalue weighted by Crippen LogP contribution is 2.50. The minimum atomic E-state index is -0.826. The predicted molar refractivity (Wildman–Crippen MR) is 121 cm³/mol. The Hall–Kier alpha value is -1.92. The van der Waals surface area contributed by atoms with Crippen molar-refractivity contribution < 1.29 is 13.9 Å². The van der Waals surface area contributed by atoms with Gasteiger partial charge in [0, 0.05) is 6.54 Å². The molecule has 0 aliphatic heterocycles. The van der Waals surface area contributed by atoms with Crippen LogP contribution < -0.4 is 5.73 Å². The Labute approximate surface area is 193 Å². The maximum atomic E-state index is 13.5. The van der Waals surface area contributed by atoms with E-state index in [1.165, 1.54) is 37.8 Å². The van der Waals surface area contributed by atoms with Crippen molar-refractivity contribution in [2.75, 3.05) is 6.61 Å². The number of carbonyl (C=O) groups is 1. The molecule has 0 radical (unpaired) electrons. The number of nitrogens with zero attached hydrogens (tertiary/aromatic N) is 2. The van der Waals surface area contributed by atoms with Crippen LogP contribution in [0.15, 0.2) is 24.3 Å². The SMILES string of the molecule is Cc1c(Cl)nc([C@]2(OCC3CC3)CC[C@](C(N)=O)(c3ccc(F)cc3)CC2)n1CC1CC1. The standard InChI is InChI=1S/C25H31ClFN3O2/c1-16-21(26)29-23(30(16)14-17-2-3-17)25(32-15-18-4-5-18)12-10-24(11-13-25,22(28)31)19-6-8-20(27)9-7-19/h6-9,17-18H,2-5,10-15H2,1H3,(H2,28,31)/t24-,25+. The molecule has 0 unspecified atom stereocenters. The van der Waals surface area contributed by atoms with Crippen molar-refractivity contribution in [3.8, 4) is 0 Å². The lowest BCUT2D eigenvalue weighted by atomic mass is 9.64. The number of ether oxygens (including phenoxy) is 1. The number of aromatic nitrogens is 2. The molecule has 1 aromatic carbocycles. The van der Waals surface area contributed by atoms with E-state index >= 15 is 0 Å². The number of hydrogen-bond donors (Lipinski definition) is 1. The van der Waals surface area contributed by atoms with Crippen LogP contribution in [0.1, 0.15) is 68.4 Å². The highest BCUT2D eigenvalue weighted by Gasteiger charge is 2.51. The van der Waals surface area contributed by atoms with Gasteiger partial charge in [-0.2, -0.15) is 0 Å². The lowest BCUT2D eigenvalue weighted by Crippen LogP contribution is -2.49. The van der Waals surface area contributed by atoms with E-state index in [2.05, 4.69) is 4.57 Å². The van der Waals surface area contributed by atoms with Gasteiger partial charge < -0.3 is 15.0 Å². The van der Waals surface area contributed by atoms with Crippen LogP contribution in [0.25, 0.3) is 0 Å². The molecule has 32 heavy (non-hydrogen) atoms. The molecule has 2 aromatic rings. The zero-order valence-corrected chi connectivity index (χ0v) is 19.3. The van der Waals surface area contributed by atoms with Crippen molar-refractivity contribution in [2.45, 2.75) is 75.9 Å². The van der Waals surface area contributed by atoms with Gasteiger partial charge in [-0.1, -0.05) is 23.7 Å². The first kappa shape index (κ1) is 21.9. The molecule has 3 fully saturated rings. The van der Waals surface area contributed by atoms with Gasteiger partial charge in [0.05, 0.1) is 17.7 Å². The quantitative estimate of drug-likeness (QED) is 0.603. The molecule has 2 N–H and O–H groups in total. The van der Waals surface area contributed by atoms with E-state index in [-0.39, 0.29) is 11.7 Å². The molecule has 172 valence electrons. The Balaban J connectivity index is 1.49. The highest BCUT2D eigenvalue weighted by atomic mass is 35.5. The Morgan fingerprint density at radius 2 is 1.78 bits per heavy atom. The molecule has 0 bridgehead atoms. The maximum absolute atomic E-state index is 13.5. The number of hydrogen-bond acceptors (Lipinski definition) is 3. The lowest BCUT2D eigenvalue weighted by Gasteiger charge is -2.45. The van der Waals surface area contributed by atoms with E-state index in [9.17, 15) is 9.18 Å². The number of imidazole rings is 1. The summed E-state index contributed by atoms with van der Waals surface area (Å²) in [5.74, 6) is 1.49. The summed E-state index contributed by atoms with van der Waals surface area (Å²) in [5, 5.41) is 0.528. The van der Waals surface area contributed by atoms with Crippen LogP contribution in [-0.4, -0.2) is 22.1 Å². The number of nitrogens with two attached hydrogens (primary N) is 1. The fourth-order valence-electron chi connectivity index (χ4n) is 5.16. The molecule has 1 amide bonds. The van der Waals surface area contributed by atoms with Crippen LogP contribution >= 0.6 is 11.6 Å². The largest absolute Gasteiger partial charge is 0.369 e. The van der Waals surface area contributed by atoms with Gasteiger partial charge in [0.25, 0.3) is 0 Å². The first-order valence-corrected chi connectivity index (χ1v) is 12.1. The predicted octanol–water partition coefficient (Wildman–Crippen LogP) is 5.01. The van der Waals surface area contributed by atoms with E-state index in [1.54, 1.807) is 12.1 Å². The van der Waals surface area contributed by atoms with Crippen LogP contribution in [-0.2, 0) is 27.1 Å². The number of amides is 1. The van der Waals surface area contributed by atoms with Crippen molar-refractivity contribution in [2.24, 2.45) is 17.6 Å². The molecular formula is C25H31ClFN3O2. The second-order valence-corrected chi connectivity index (χ2v) is 10.4. The van der Waals surface area contributed by atoms with Crippen LogP contribution in [0.4, 0.5) is 4.39 Å². The van der Waals surface area contributed by atoms with Gasteiger partial charge in [0.1, 0.15) is 22.4 Å². The van der Waals surface area contributed by atoms with Gasteiger partial charge in [0.15, 0.2) is 0 Å². The molecule has 0 atom stereocenters. The Morgan fingerprint density at radius 1 is 1.16 bits per heavy atom. The van der Waals surface area contributed by atoms with Crippen molar-refractivity contribution >= 4 is 17.5 Å². The number of primary amides is 1. The Morgan fingerprint density at radius 3 is 2.34 bits per heavy atom. The fraction of sp³-hybridized carbons (Fsp3) is 0.600. The van der Waals surface area contributed by atoms with Crippen LogP contribution in [0.5, 0.6) is 0 Å². The third-order valence-electron chi connectivity index (χ3n) is 7.78. The number of carbonyl (C=O) groups excluding carboxylic acids is 1. The van der Waals surface area contributed by atoms with E-state index in [4.69, 9.17) is 27.1 Å². The van der Waals surface area contributed by atoms with Crippen molar-refractivity contribution in [3.63, 3.8) is 0 Å². The second kappa shape index (κ2) is 8.14. The third-order valence-corrected chi connectivity index (χ3v) is 8.14. The molecule has 3 aliphatic rings. The van der Waals surface area contributed by atoms with Crippen LogP contribution in [0, 0.1) is 24.6 Å². The monoisotopic (exact) mass is 459 g/mol. The summed E-state index contributed by atoms with van der Waals surface area (Å²) in [6, 6.07) is 6.17. The number of rotatable bonds is 8. The number of benzene rings is 1. The summed E-state index contributed by atoms with van der Waals surface area (Å²) in [4.78, 5) is 17.5. The Bertz CT molecular complexity index is 1000. The first-order valence-electron chi connectivity index (χ1n) is 11.8. The van der Waals surface area contributed by atoms with Gasteiger partial charge in [-0.3, -0.25) is 4.79 Å². The summed E-state index contributed by atoms with van der Waals surface area (Å²) < 4.78 is 22.5. The molecule has 1 aromatic heterocycles. The fourth-order valence-corrected chi connectivity index (χ4v) is 5.34. The van der Waals surface area contributed by atoms with Crippen molar-refractivity contribution in [1.82, 2.24) is 9.55 Å². The molecule has 5 nitrogen and oxygen atoms in total. The second-order valence-electron chi connectivity index (χ2n) is 10.1. The molecule has 0 spiro atoms. The van der Waals surface area contributed by atoms with Gasteiger partial charge in [-0.15, -0.1) is 0 Å². The minimum Gasteiger partial charge on any atom is -0.369 e. The van der Waals surface area contributed by atoms with Gasteiger partial charge in [-0.05, 0) is 87.8 Å². The van der Waals surface area contributed by atoms with Gasteiger partial charge in [-0.25, -0.2) is 9.37 Å². The molecule has 1 heterocycles. The molecule has 5 rings (SSSR count). The average molecular weight is 460 g/mol. The van der Waals surface area contributed by atoms with Gasteiger partial charge >= 0.3 is 0 Å². The average Bonchev–Trinajstić information content (AvgIpc) is 3.70. The Kier molecular flexibility index (Phi) is 5.57. The summed E-state index contributed by atoms with van der Waals surface area (Å²) in [7, 11) is 0. The van der Waals surface area contributed by atoms with Crippen LogP contribution in [0.3, 0.4) is 0 Å². The molecule has 3 saturated carbocycles. The van der Waals surface area contributed by atoms with E-state index in [0.29, 0.717) is 49.3 Å². The van der Waals surface area contributed by atoms with Crippen LogP contribution in [0.2, 0.25) is 5.15 Å². The van der Waals surface area contributed by atoms with E-state index in [0.717, 1.165) is 23.6 Å². The summed E-state index contributed by atoms with van der Waals surface area (Å²) >= 11 is 6.51. The van der Waals surface area contributed by atoms with Crippen molar-refractivity contribution in [1.29, 1.82) is 0 Å². The normalized spacial score (nSPS) is 28.1. The lowest BCUT2D eigenvalue weighted by molar-refractivity contribution is -0.133. The highest BCUT2D eigenvalue weighted by molar-refractivity contribution is 6.30. The van der Waals surface area contributed by atoms with E-state index in [1.807, 2.05) is 6.92 Å². The summed E-state index contributed by atoms with van der Waals surface area (Å²) in [5.41, 5.74) is 6.29. The molecule has 0 saturated heterocycles. The molecule has 3 aliphatic carbocycles. The maximum Gasteiger partial charge on any atom is 0.228 e. The van der Waals surface area contributed by atoms with Crippen molar-refractivity contribution in [3.05, 3.63) is 52.3 Å². The zero-order chi connectivity index (χ0) is 22.5. The van der Waals surface area contributed by atoms with Gasteiger partial charge in [0.2, 0.25) is 5.91 Å². The summed E-state index contributed by atoms with van der Waals surface area (Å²) in [6.07, 6.45) is 7.19. The molecule has 7 heteroatoms. The zero-order valence-electron chi connectivity index (χ0n) is 18.6. The smallest absolute Gasteiger partial charge is 0.228 e. The molecular weight excluding hydrogens is 429 g/mol. The topological polar surface area (TPSA) is 70.1 Å². The van der Waals surface area contributed by atoms with E-state index < -0.39 is 11.0 Å². The number of halogens is 2. The summed E-state index contributed by atoms with van der Waals surface area (Å²) in [6.45, 7) is 3.63. The first-order chi connectivity index (χ1) is 15.3. The third kappa shape index (κ3) is 3.96. The minimum absolute atomic E-state index is 0.321.